The number of ether oxygens (including phenoxy) is 2. The first-order chi connectivity index (χ1) is 20.7. The van der Waals surface area contributed by atoms with Crippen LogP contribution in [0.1, 0.15) is 75.2 Å². The molecule has 6 rings (SSSR count). The molecule has 0 N–H and O–H groups in total. The van der Waals surface area contributed by atoms with E-state index in [4.69, 9.17) is 9.47 Å². The van der Waals surface area contributed by atoms with Gasteiger partial charge in [-0.15, -0.1) is 0 Å². The number of fused-ring (bicyclic) bond motifs is 2. The van der Waals surface area contributed by atoms with Crippen LogP contribution in [0.25, 0.3) is 10.8 Å². The average Bonchev–Trinajstić information content (AvgIpc) is 3.82. The SMILES string of the molecule is COC12CCC(N(CC(C)C)C(=O)c3ccc4ccccc4c3)CC1(c1cccc(OC(C)=O)c1)CCN(CC1CC1)C2. The van der Waals surface area contributed by atoms with Crippen molar-refractivity contribution in [3.8, 4) is 5.75 Å². The molecule has 3 unspecified atom stereocenters. The van der Waals surface area contributed by atoms with Crippen LogP contribution in [-0.4, -0.2) is 66.6 Å². The fraction of sp³-hybridized carbons (Fsp3) is 0.514. The Balaban J connectivity index is 1.38. The lowest BCUT2D eigenvalue weighted by Gasteiger charge is -2.61. The van der Waals surface area contributed by atoms with Crippen LogP contribution in [-0.2, 0) is 14.9 Å². The van der Waals surface area contributed by atoms with E-state index in [1.54, 1.807) is 0 Å². The van der Waals surface area contributed by atoms with Crippen molar-refractivity contribution in [3.63, 3.8) is 0 Å². The average molecular weight is 583 g/mol. The highest BCUT2D eigenvalue weighted by Crippen LogP contribution is 2.55. The summed E-state index contributed by atoms with van der Waals surface area (Å²) < 4.78 is 12.2. The van der Waals surface area contributed by atoms with Crippen molar-refractivity contribution in [1.29, 1.82) is 0 Å². The molecule has 3 aliphatic rings. The minimum Gasteiger partial charge on any atom is -0.427 e. The Bertz CT molecular complexity index is 1480. The number of amides is 1. The van der Waals surface area contributed by atoms with Gasteiger partial charge in [-0.25, -0.2) is 0 Å². The Labute approximate surface area is 256 Å². The van der Waals surface area contributed by atoms with E-state index in [9.17, 15) is 9.59 Å². The van der Waals surface area contributed by atoms with E-state index in [0.717, 1.165) is 73.1 Å². The summed E-state index contributed by atoms with van der Waals surface area (Å²) in [5.74, 6) is 1.49. The first-order valence-electron chi connectivity index (χ1n) is 16.1. The van der Waals surface area contributed by atoms with E-state index in [2.05, 4.69) is 47.9 Å². The zero-order valence-electron chi connectivity index (χ0n) is 26.2. The van der Waals surface area contributed by atoms with Gasteiger partial charge in [0.05, 0.1) is 5.60 Å². The molecule has 3 aromatic rings. The molecule has 3 fully saturated rings. The smallest absolute Gasteiger partial charge is 0.308 e. The highest BCUT2D eigenvalue weighted by molar-refractivity contribution is 5.98. The van der Waals surface area contributed by atoms with Gasteiger partial charge in [-0.1, -0.05) is 56.3 Å². The molecule has 6 heteroatoms. The normalized spacial score (nSPS) is 25.8. The van der Waals surface area contributed by atoms with Crippen LogP contribution in [0.2, 0.25) is 0 Å². The van der Waals surface area contributed by atoms with Crippen LogP contribution >= 0.6 is 0 Å². The van der Waals surface area contributed by atoms with Gasteiger partial charge in [0.2, 0.25) is 0 Å². The van der Waals surface area contributed by atoms with Crippen molar-refractivity contribution >= 4 is 22.6 Å². The summed E-state index contributed by atoms with van der Waals surface area (Å²) in [6.07, 6.45) is 6.17. The molecule has 1 heterocycles. The summed E-state index contributed by atoms with van der Waals surface area (Å²) in [5, 5.41) is 2.23. The second-order valence-electron chi connectivity index (χ2n) is 13.6. The van der Waals surface area contributed by atoms with Crippen LogP contribution in [0, 0.1) is 11.8 Å². The molecule has 1 aliphatic heterocycles. The van der Waals surface area contributed by atoms with E-state index in [0.29, 0.717) is 18.2 Å². The van der Waals surface area contributed by atoms with Gasteiger partial charge in [0, 0.05) is 50.7 Å². The van der Waals surface area contributed by atoms with Crippen molar-refractivity contribution in [2.75, 3.05) is 33.3 Å². The highest BCUT2D eigenvalue weighted by Gasteiger charge is 2.60. The van der Waals surface area contributed by atoms with Gasteiger partial charge in [0.1, 0.15) is 5.75 Å². The number of esters is 1. The molecule has 2 aliphatic carbocycles. The summed E-state index contributed by atoms with van der Waals surface area (Å²) in [5.41, 5.74) is 1.18. The maximum atomic E-state index is 14.4. The number of hydrogen-bond donors (Lipinski definition) is 0. The molecule has 3 atom stereocenters. The lowest BCUT2D eigenvalue weighted by Crippen LogP contribution is -2.68. The third kappa shape index (κ3) is 5.97. The highest BCUT2D eigenvalue weighted by atomic mass is 16.5. The number of likely N-dealkylation sites (tertiary alicyclic amines) is 1. The fourth-order valence-electron chi connectivity index (χ4n) is 7.96. The van der Waals surface area contributed by atoms with Crippen LogP contribution in [0.5, 0.6) is 5.75 Å². The van der Waals surface area contributed by atoms with Crippen molar-refractivity contribution in [2.24, 2.45) is 11.8 Å². The quantitative estimate of drug-likeness (QED) is 0.204. The zero-order chi connectivity index (χ0) is 30.2. The summed E-state index contributed by atoms with van der Waals surface area (Å²) in [4.78, 5) is 31.0. The largest absolute Gasteiger partial charge is 0.427 e. The molecule has 0 radical (unpaired) electrons. The Morgan fingerprint density at radius 1 is 0.977 bits per heavy atom. The van der Waals surface area contributed by atoms with Gasteiger partial charge in [0.25, 0.3) is 5.91 Å². The topological polar surface area (TPSA) is 59.1 Å². The maximum absolute atomic E-state index is 14.4. The number of nitrogens with zero attached hydrogens (tertiary/aromatic N) is 2. The second-order valence-corrected chi connectivity index (χ2v) is 13.6. The van der Waals surface area contributed by atoms with Gasteiger partial charge >= 0.3 is 5.97 Å². The lowest BCUT2D eigenvalue weighted by atomic mass is 9.54. The van der Waals surface area contributed by atoms with Crippen molar-refractivity contribution < 1.29 is 19.1 Å². The van der Waals surface area contributed by atoms with E-state index in [-0.39, 0.29) is 28.9 Å². The molecule has 0 aromatic heterocycles. The van der Waals surface area contributed by atoms with Gasteiger partial charge in [0.15, 0.2) is 0 Å². The molecule has 43 heavy (non-hydrogen) atoms. The first-order valence-corrected chi connectivity index (χ1v) is 16.1. The standard InChI is InChI=1S/C37H46N2O4/c1-26(2)23-39(35(41)31-15-14-29-8-5-6-9-30(29)20-31)33-16-17-37(42-4)25-38(24-28-12-13-28)19-18-36(37,22-33)32-10-7-11-34(21-32)43-27(3)40/h5-11,14-15,20-21,26,28,33H,12-13,16-19,22-25H2,1-4H3. The third-order valence-corrected chi connectivity index (χ3v) is 10.2. The van der Waals surface area contributed by atoms with Crippen LogP contribution in [0.4, 0.5) is 0 Å². The Hall–Kier alpha value is -3.22. The summed E-state index contributed by atoms with van der Waals surface area (Å²) in [7, 11) is 1.87. The van der Waals surface area contributed by atoms with Gasteiger partial charge in [-0.2, -0.15) is 0 Å². The molecule has 1 saturated heterocycles. The van der Waals surface area contributed by atoms with Crippen molar-refractivity contribution in [3.05, 3.63) is 77.9 Å². The summed E-state index contributed by atoms with van der Waals surface area (Å²) >= 11 is 0. The number of hydrogen-bond acceptors (Lipinski definition) is 5. The van der Waals surface area contributed by atoms with Crippen LogP contribution < -0.4 is 4.74 Å². The minimum atomic E-state index is -0.388. The molecule has 1 amide bonds. The minimum absolute atomic E-state index is 0.0667. The Kier molecular flexibility index (Phi) is 8.36. The van der Waals surface area contributed by atoms with E-state index in [1.807, 2.05) is 49.6 Å². The van der Waals surface area contributed by atoms with Crippen molar-refractivity contribution in [2.45, 2.75) is 76.4 Å². The molecule has 228 valence electrons. The second kappa shape index (κ2) is 12.0. The molecule has 3 aromatic carbocycles. The van der Waals surface area contributed by atoms with Gasteiger partial charge < -0.3 is 19.3 Å². The van der Waals surface area contributed by atoms with Gasteiger partial charge in [-0.05, 0) is 97.5 Å². The van der Waals surface area contributed by atoms with Crippen LogP contribution in [0.3, 0.4) is 0 Å². The lowest BCUT2D eigenvalue weighted by molar-refractivity contribution is -0.155. The molecular weight excluding hydrogens is 536 g/mol. The number of methoxy groups -OCH3 is 1. The van der Waals surface area contributed by atoms with E-state index >= 15 is 0 Å². The molecule has 2 saturated carbocycles. The maximum Gasteiger partial charge on any atom is 0.308 e. The number of carbonyl (C=O) groups is 2. The predicted molar refractivity (Wildman–Crippen MR) is 170 cm³/mol. The molecule has 0 spiro atoms. The number of carbonyl (C=O) groups excluding carboxylic acids is 2. The molecular formula is C37H46N2O4. The van der Waals surface area contributed by atoms with E-state index < -0.39 is 0 Å². The predicted octanol–water partition coefficient (Wildman–Crippen LogP) is 6.85. The Morgan fingerprint density at radius 3 is 2.49 bits per heavy atom. The summed E-state index contributed by atoms with van der Waals surface area (Å²) in [6, 6.07) is 22.4. The van der Waals surface area contributed by atoms with Crippen LogP contribution in [0.15, 0.2) is 66.7 Å². The Morgan fingerprint density at radius 2 is 1.77 bits per heavy atom. The summed E-state index contributed by atoms with van der Waals surface area (Å²) in [6.45, 7) is 9.54. The molecule has 6 nitrogen and oxygen atoms in total. The zero-order valence-corrected chi connectivity index (χ0v) is 26.2. The number of rotatable bonds is 9. The van der Waals surface area contributed by atoms with Crippen molar-refractivity contribution in [1.82, 2.24) is 9.80 Å². The van der Waals surface area contributed by atoms with E-state index in [1.165, 1.54) is 19.8 Å². The fourth-order valence-corrected chi connectivity index (χ4v) is 7.96. The van der Waals surface area contributed by atoms with Gasteiger partial charge in [-0.3, -0.25) is 9.59 Å². The third-order valence-electron chi connectivity index (χ3n) is 10.2. The number of piperidine rings is 1. The number of benzene rings is 3. The monoisotopic (exact) mass is 582 g/mol. The first kappa shape index (κ1) is 29.8. The molecule has 0 bridgehead atoms.